The van der Waals surface area contributed by atoms with Crippen LogP contribution in [0.1, 0.15) is 59.2 Å². The van der Waals surface area contributed by atoms with Gasteiger partial charge in [0.05, 0.1) is 22.5 Å². The largest absolute Gasteiger partial charge is 0.327 e. The number of imidazole rings is 1. The van der Waals surface area contributed by atoms with Crippen molar-refractivity contribution in [3.05, 3.63) is 24.0 Å². The third-order valence-corrected chi connectivity index (χ3v) is 8.11. The van der Waals surface area contributed by atoms with Crippen molar-refractivity contribution < 1.29 is 8.42 Å². The van der Waals surface area contributed by atoms with Crippen molar-refractivity contribution in [3.8, 4) is 0 Å². The van der Waals surface area contributed by atoms with E-state index in [1.54, 1.807) is 26.2 Å². The van der Waals surface area contributed by atoms with Gasteiger partial charge in [0, 0.05) is 26.7 Å². The number of hydrogen-bond acceptors (Lipinski definition) is 4. The second-order valence-electron chi connectivity index (χ2n) is 9.45. The molecule has 2 aromatic rings. The van der Waals surface area contributed by atoms with Crippen LogP contribution in [-0.4, -0.2) is 42.4 Å². The number of benzene rings is 1. The van der Waals surface area contributed by atoms with E-state index in [0.29, 0.717) is 23.9 Å². The SMILES string of the molecule is CCn1c(CNC2CCCCC2C(C)(C)C)nc2cc(S(=O)(=O)N(C)C)ccc21. The first-order valence-corrected chi connectivity index (χ1v) is 12.1. The van der Waals surface area contributed by atoms with Gasteiger partial charge in [0.2, 0.25) is 10.0 Å². The number of aryl methyl sites for hydroxylation is 1. The standard InChI is InChI=1S/C22H36N4O2S/c1-7-26-20-13-12-16(29(27,28)25(5)6)14-19(20)24-21(26)15-23-18-11-9-8-10-17(18)22(2,3)4/h12-14,17-18,23H,7-11,15H2,1-6H3. The number of nitrogens with one attached hydrogen (secondary N) is 1. The third kappa shape index (κ3) is 4.52. The number of hydrogen-bond donors (Lipinski definition) is 1. The van der Waals surface area contributed by atoms with Gasteiger partial charge >= 0.3 is 0 Å². The van der Waals surface area contributed by atoms with Gasteiger partial charge in [-0.05, 0) is 49.3 Å². The van der Waals surface area contributed by atoms with Crippen LogP contribution < -0.4 is 5.32 Å². The minimum absolute atomic E-state index is 0.287. The molecule has 2 unspecified atom stereocenters. The number of aromatic nitrogens is 2. The molecule has 1 aromatic heterocycles. The zero-order valence-corrected chi connectivity index (χ0v) is 19.5. The zero-order valence-electron chi connectivity index (χ0n) is 18.7. The van der Waals surface area contributed by atoms with E-state index in [0.717, 1.165) is 23.4 Å². The molecule has 1 N–H and O–H groups in total. The summed E-state index contributed by atoms with van der Waals surface area (Å²) in [6.07, 6.45) is 5.08. The Bertz CT molecular complexity index is 957. The van der Waals surface area contributed by atoms with Crippen LogP contribution in [0.5, 0.6) is 0 Å². The molecular formula is C22H36N4O2S. The molecule has 0 aliphatic heterocycles. The maximum absolute atomic E-state index is 12.5. The van der Waals surface area contributed by atoms with Crippen LogP contribution in [0, 0.1) is 11.3 Å². The van der Waals surface area contributed by atoms with E-state index >= 15 is 0 Å². The van der Waals surface area contributed by atoms with Crippen molar-refractivity contribution in [1.82, 2.24) is 19.2 Å². The van der Waals surface area contributed by atoms with Crippen molar-refractivity contribution in [2.75, 3.05) is 14.1 Å². The Balaban J connectivity index is 1.87. The summed E-state index contributed by atoms with van der Waals surface area (Å²) in [6, 6.07) is 5.75. The lowest BCUT2D eigenvalue weighted by Gasteiger charge is -2.41. The monoisotopic (exact) mass is 420 g/mol. The van der Waals surface area contributed by atoms with E-state index in [9.17, 15) is 8.42 Å². The highest BCUT2D eigenvalue weighted by Crippen LogP contribution is 2.38. The summed E-state index contributed by atoms with van der Waals surface area (Å²) in [5.41, 5.74) is 2.01. The molecule has 0 spiro atoms. The maximum Gasteiger partial charge on any atom is 0.242 e. The van der Waals surface area contributed by atoms with Crippen molar-refractivity contribution in [2.45, 2.75) is 77.4 Å². The topological polar surface area (TPSA) is 67.2 Å². The molecule has 1 fully saturated rings. The predicted molar refractivity (Wildman–Crippen MR) is 118 cm³/mol. The van der Waals surface area contributed by atoms with Crippen LogP contribution in [0.25, 0.3) is 11.0 Å². The Morgan fingerprint density at radius 1 is 1.21 bits per heavy atom. The molecule has 0 radical (unpaired) electrons. The van der Waals surface area contributed by atoms with Gasteiger partial charge < -0.3 is 9.88 Å². The number of nitrogens with zero attached hydrogens (tertiary/aromatic N) is 3. The molecule has 2 atom stereocenters. The molecule has 1 aromatic carbocycles. The summed E-state index contributed by atoms with van der Waals surface area (Å²) < 4.78 is 28.4. The van der Waals surface area contributed by atoms with Crippen LogP contribution in [0.3, 0.4) is 0 Å². The van der Waals surface area contributed by atoms with Gasteiger partial charge in [-0.3, -0.25) is 0 Å². The second kappa shape index (κ2) is 8.36. The Kier molecular flexibility index (Phi) is 6.41. The summed E-state index contributed by atoms with van der Waals surface area (Å²) in [5, 5.41) is 3.78. The van der Waals surface area contributed by atoms with Gasteiger partial charge in [-0.25, -0.2) is 17.7 Å². The average molecular weight is 421 g/mol. The van der Waals surface area contributed by atoms with E-state index in [1.165, 1.54) is 30.0 Å². The number of rotatable bonds is 6. The summed E-state index contributed by atoms with van der Waals surface area (Å²) in [6.45, 7) is 10.6. The molecule has 1 saturated carbocycles. The molecule has 6 nitrogen and oxygen atoms in total. The van der Waals surface area contributed by atoms with Crippen LogP contribution in [0.15, 0.2) is 23.1 Å². The molecule has 3 rings (SSSR count). The fourth-order valence-corrected chi connectivity index (χ4v) is 5.57. The minimum Gasteiger partial charge on any atom is -0.327 e. The summed E-state index contributed by atoms with van der Waals surface area (Å²) >= 11 is 0. The lowest BCUT2D eigenvalue weighted by molar-refractivity contribution is 0.129. The summed E-state index contributed by atoms with van der Waals surface area (Å²) in [5.74, 6) is 1.63. The Morgan fingerprint density at radius 3 is 2.52 bits per heavy atom. The zero-order chi connectivity index (χ0) is 21.4. The van der Waals surface area contributed by atoms with Gasteiger partial charge in [-0.2, -0.15) is 0 Å². The van der Waals surface area contributed by atoms with E-state index < -0.39 is 10.0 Å². The van der Waals surface area contributed by atoms with Crippen molar-refractivity contribution >= 4 is 21.1 Å². The van der Waals surface area contributed by atoms with Gasteiger partial charge in [-0.15, -0.1) is 0 Å². The van der Waals surface area contributed by atoms with Crippen LogP contribution in [0.4, 0.5) is 0 Å². The fraction of sp³-hybridized carbons (Fsp3) is 0.682. The molecule has 1 aliphatic carbocycles. The van der Waals surface area contributed by atoms with E-state index in [-0.39, 0.29) is 4.90 Å². The lowest BCUT2D eigenvalue weighted by Crippen LogP contribution is -2.44. The first kappa shape index (κ1) is 22.2. The molecule has 1 heterocycles. The molecule has 162 valence electrons. The van der Waals surface area contributed by atoms with Gasteiger partial charge in [0.1, 0.15) is 5.82 Å². The van der Waals surface area contributed by atoms with Crippen molar-refractivity contribution in [3.63, 3.8) is 0 Å². The third-order valence-electron chi connectivity index (χ3n) is 6.29. The van der Waals surface area contributed by atoms with Crippen LogP contribution in [-0.2, 0) is 23.1 Å². The first-order chi connectivity index (χ1) is 13.6. The predicted octanol–water partition coefficient (Wildman–Crippen LogP) is 4.00. The summed E-state index contributed by atoms with van der Waals surface area (Å²) in [7, 11) is -0.361. The van der Waals surface area contributed by atoms with Gasteiger partial charge in [0.25, 0.3) is 0 Å². The molecule has 29 heavy (non-hydrogen) atoms. The normalized spacial score (nSPS) is 21.2. The average Bonchev–Trinajstić information content (AvgIpc) is 3.02. The molecular weight excluding hydrogens is 384 g/mol. The maximum atomic E-state index is 12.5. The summed E-state index contributed by atoms with van der Waals surface area (Å²) in [4.78, 5) is 5.09. The lowest BCUT2D eigenvalue weighted by atomic mass is 9.69. The minimum atomic E-state index is -3.46. The van der Waals surface area contributed by atoms with E-state index in [2.05, 4.69) is 37.6 Å². The van der Waals surface area contributed by atoms with E-state index in [4.69, 9.17) is 4.98 Å². The van der Waals surface area contributed by atoms with Gasteiger partial charge in [-0.1, -0.05) is 33.6 Å². The van der Waals surface area contributed by atoms with Crippen molar-refractivity contribution in [1.29, 1.82) is 0 Å². The van der Waals surface area contributed by atoms with Crippen LogP contribution in [0.2, 0.25) is 0 Å². The van der Waals surface area contributed by atoms with E-state index in [1.807, 2.05) is 6.07 Å². The van der Waals surface area contributed by atoms with Crippen LogP contribution >= 0.6 is 0 Å². The smallest absolute Gasteiger partial charge is 0.242 e. The highest BCUT2D eigenvalue weighted by molar-refractivity contribution is 7.89. The Hall–Kier alpha value is -1.44. The molecule has 0 bridgehead atoms. The Morgan fingerprint density at radius 2 is 1.90 bits per heavy atom. The molecule has 7 heteroatoms. The molecule has 0 amide bonds. The second-order valence-corrected chi connectivity index (χ2v) is 11.6. The molecule has 1 aliphatic rings. The highest BCUT2D eigenvalue weighted by atomic mass is 32.2. The molecule has 0 saturated heterocycles. The fourth-order valence-electron chi connectivity index (χ4n) is 4.65. The number of fused-ring (bicyclic) bond motifs is 1. The Labute approximate surface area is 175 Å². The highest BCUT2D eigenvalue weighted by Gasteiger charge is 2.34. The quantitative estimate of drug-likeness (QED) is 0.767. The van der Waals surface area contributed by atoms with Gasteiger partial charge in [0.15, 0.2) is 0 Å². The number of sulfonamides is 1. The van der Waals surface area contributed by atoms with Crippen molar-refractivity contribution in [2.24, 2.45) is 11.3 Å². The first-order valence-electron chi connectivity index (χ1n) is 10.7.